The maximum absolute atomic E-state index is 14.0. The Bertz CT molecular complexity index is 921. The van der Waals surface area contributed by atoms with Gasteiger partial charge in [0, 0.05) is 18.0 Å². The highest BCUT2D eigenvalue weighted by molar-refractivity contribution is 6.03. The minimum atomic E-state index is -0.625. The molecule has 1 aromatic carbocycles. The molecule has 0 saturated heterocycles. The van der Waals surface area contributed by atoms with Crippen molar-refractivity contribution in [2.24, 2.45) is 0 Å². The van der Waals surface area contributed by atoms with Crippen molar-refractivity contribution in [3.05, 3.63) is 39.4 Å². The second-order valence-corrected chi connectivity index (χ2v) is 7.16. The molecule has 0 unspecified atom stereocenters. The molecule has 0 aliphatic carbocycles. The van der Waals surface area contributed by atoms with Gasteiger partial charge in [0.25, 0.3) is 11.5 Å². The smallest absolute Gasteiger partial charge is 0.267 e. The van der Waals surface area contributed by atoms with E-state index in [1.54, 1.807) is 0 Å². The van der Waals surface area contributed by atoms with Crippen LogP contribution in [0.4, 0.5) is 4.39 Å². The van der Waals surface area contributed by atoms with Crippen molar-refractivity contribution in [2.75, 3.05) is 27.2 Å². The van der Waals surface area contributed by atoms with E-state index < -0.39 is 23.0 Å². The summed E-state index contributed by atoms with van der Waals surface area (Å²) in [5.41, 5.74) is 0.369. The first-order valence-corrected chi connectivity index (χ1v) is 8.83. The summed E-state index contributed by atoms with van der Waals surface area (Å²) in [5.74, 6) is -1.55. The number of aromatic hydroxyl groups is 1. The number of halogens is 1. The Labute approximate surface area is 151 Å². The number of nitrogens with one attached hydrogen (secondary N) is 1. The second-order valence-electron chi connectivity index (χ2n) is 7.16. The van der Waals surface area contributed by atoms with Crippen molar-refractivity contribution in [1.82, 2.24) is 14.8 Å². The standard InChI is InChI=1S/C19H24FN3O3/c1-11-5-6-12-9-13(20)10-14-16(12)23(11)19(26)15(17(14)24)18(25)21-7-4-8-22(2)3/h9-11,24H,4-8H2,1-3H3,(H,21,25)/t11-/m0/s1. The number of benzene rings is 1. The Balaban J connectivity index is 2.07. The molecule has 0 bridgehead atoms. The molecule has 1 aromatic heterocycles. The topological polar surface area (TPSA) is 74.6 Å². The summed E-state index contributed by atoms with van der Waals surface area (Å²) in [5, 5.41) is 13.5. The number of aryl methyl sites for hydroxylation is 1. The van der Waals surface area contributed by atoms with Gasteiger partial charge in [-0.25, -0.2) is 4.39 Å². The van der Waals surface area contributed by atoms with Crippen LogP contribution in [0.5, 0.6) is 5.75 Å². The van der Waals surface area contributed by atoms with Crippen LogP contribution >= 0.6 is 0 Å². The van der Waals surface area contributed by atoms with Gasteiger partial charge in [-0.1, -0.05) is 0 Å². The Hall–Kier alpha value is -2.41. The van der Waals surface area contributed by atoms with E-state index in [9.17, 15) is 19.1 Å². The number of rotatable bonds is 5. The molecule has 0 saturated carbocycles. The van der Waals surface area contributed by atoms with Gasteiger partial charge in [-0.15, -0.1) is 0 Å². The van der Waals surface area contributed by atoms with Gasteiger partial charge in [0.15, 0.2) is 0 Å². The first-order chi connectivity index (χ1) is 12.3. The lowest BCUT2D eigenvalue weighted by atomic mass is 9.95. The van der Waals surface area contributed by atoms with Crippen molar-refractivity contribution in [3.8, 4) is 5.75 Å². The molecule has 0 fully saturated rings. The molecule has 0 spiro atoms. The van der Waals surface area contributed by atoms with Crippen LogP contribution in [0.2, 0.25) is 0 Å². The molecule has 0 radical (unpaired) electrons. The lowest BCUT2D eigenvalue weighted by molar-refractivity contribution is 0.0947. The van der Waals surface area contributed by atoms with Gasteiger partial charge < -0.3 is 19.9 Å². The number of nitrogens with zero attached hydrogens (tertiary/aromatic N) is 2. The zero-order valence-corrected chi connectivity index (χ0v) is 15.3. The van der Waals surface area contributed by atoms with Crippen LogP contribution < -0.4 is 10.9 Å². The largest absolute Gasteiger partial charge is 0.506 e. The Morgan fingerprint density at radius 1 is 1.42 bits per heavy atom. The molecule has 1 aliphatic heterocycles. The minimum absolute atomic E-state index is 0.121. The number of amides is 1. The highest BCUT2D eigenvalue weighted by Gasteiger charge is 2.28. The summed E-state index contributed by atoms with van der Waals surface area (Å²) in [6.45, 7) is 3.07. The molecular formula is C19H24FN3O3. The van der Waals surface area contributed by atoms with Crippen molar-refractivity contribution in [2.45, 2.75) is 32.2 Å². The summed E-state index contributed by atoms with van der Waals surface area (Å²) in [7, 11) is 3.86. The van der Waals surface area contributed by atoms with Gasteiger partial charge in [0.2, 0.25) is 0 Å². The van der Waals surface area contributed by atoms with Crippen LogP contribution in [0.15, 0.2) is 16.9 Å². The fourth-order valence-corrected chi connectivity index (χ4v) is 3.57. The summed E-state index contributed by atoms with van der Waals surface area (Å²) in [6, 6.07) is 2.46. The van der Waals surface area contributed by atoms with Crippen LogP contribution in [0.3, 0.4) is 0 Å². The lowest BCUT2D eigenvalue weighted by Crippen LogP contribution is -2.36. The normalized spacial score (nSPS) is 16.3. The first kappa shape index (κ1) is 18.4. The fraction of sp³-hybridized carbons (Fsp3) is 0.474. The quantitative estimate of drug-likeness (QED) is 0.799. The van der Waals surface area contributed by atoms with E-state index in [2.05, 4.69) is 5.32 Å². The van der Waals surface area contributed by atoms with Gasteiger partial charge in [-0.05, 0) is 64.5 Å². The van der Waals surface area contributed by atoms with Crippen molar-refractivity contribution in [1.29, 1.82) is 0 Å². The van der Waals surface area contributed by atoms with E-state index in [1.807, 2.05) is 25.9 Å². The van der Waals surface area contributed by atoms with Gasteiger partial charge >= 0.3 is 0 Å². The van der Waals surface area contributed by atoms with Gasteiger partial charge in [0.1, 0.15) is 17.1 Å². The van der Waals surface area contributed by atoms with E-state index in [-0.39, 0.29) is 17.0 Å². The Morgan fingerprint density at radius 3 is 2.85 bits per heavy atom. The number of carbonyl (C=O) groups excluding carboxylic acids is 1. The van der Waals surface area contributed by atoms with Gasteiger partial charge in [-0.3, -0.25) is 9.59 Å². The molecule has 2 heterocycles. The molecule has 1 aliphatic rings. The van der Waals surface area contributed by atoms with Crippen LogP contribution in [0.1, 0.15) is 41.7 Å². The third-order valence-corrected chi connectivity index (χ3v) is 4.89. The number of hydrogen-bond donors (Lipinski definition) is 2. The monoisotopic (exact) mass is 361 g/mol. The molecule has 6 nitrogen and oxygen atoms in total. The van der Waals surface area contributed by atoms with E-state index in [0.29, 0.717) is 30.5 Å². The number of pyridine rings is 1. The highest BCUT2D eigenvalue weighted by atomic mass is 19.1. The second kappa shape index (κ2) is 7.07. The lowest BCUT2D eigenvalue weighted by Gasteiger charge is -2.26. The Kier molecular flexibility index (Phi) is 5.00. The molecular weight excluding hydrogens is 337 g/mol. The van der Waals surface area contributed by atoms with Crippen molar-refractivity contribution >= 4 is 16.8 Å². The maximum atomic E-state index is 14.0. The highest BCUT2D eigenvalue weighted by Crippen LogP contribution is 2.35. The summed E-state index contributed by atoms with van der Waals surface area (Å²) in [6.07, 6.45) is 2.03. The Morgan fingerprint density at radius 2 is 2.15 bits per heavy atom. The van der Waals surface area contributed by atoms with E-state index in [0.717, 1.165) is 13.0 Å². The van der Waals surface area contributed by atoms with E-state index in [4.69, 9.17) is 0 Å². The minimum Gasteiger partial charge on any atom is -0.506 e. The maximum Gasteiger partial charge on any atom is 0.267 e. The average molecular weight is 361 g/mol. The van der Waals surface area contributed by atoms with Gasteiger partial charge in [-0.2, -0.15) is 0 Å². The van der Waals surface area contributed by atoms with Crippen LogP contribution in [-0.4, -0.2) is 47.7 Å². The molecule has 26 heavy (non-hydrogen) atoms. The molecule has 1 atom stereocenters. The SMILES string of the molecule is C[C@H]1CCc2cc(F)cc3c(O)c(C(=O)NCCCN(C)C)c(=O)n1c23. The van der Waals surface area contributed by atoms with E-state index >= 15 is 0 Å². The zero-order valence-electron chi connectivity index (χ0n) is 15.3. The van der Waals surface area contributed by atoms with E-state index in [1.165, 1.54) is 16.7 Å². The number of hydrogen-bond acceptors (Lipinski definition) is 4. The molecule has 140 valence electrons. The number of aromatic nitrogens is 1. The molecule has 2 N–H and O–H groups in total. The summed E-state index contributed by atoms with van der Waals surface area (Å²) < 4.78 is 15.5. The molecule has 7 heteroatoms. The zero-order chi connectivity index (χ0) is 19.0. The van der Waals surface area contributed by atoms with Crippen molar-refractivity contribution in [3.63, 3.8) is 0 Å². The predicted octanol–water partition coefficient (Wildman–Crippen LogP) is 2.03. The van der Waals surface area contributed by atoms with Gasteiger partial charge in [0.05, 0.1) is 5.52 Å². The summed E-state index contributed by atoms with van der Waals surface area (Å²) >= 11 is 0. The third-order valence-electron chi connectivity index (χ3n) is 4.89. The van der Waals surface area contributed by atoms with Crippen LogP contribution in [0.25, 0.3) is 10.9 Å². The van der Waals surface area contributed by atoms with Crippen LogP contribution in [-0.2, 0) is 6.42 Å². The average Bonchev–Trinajstić information content (AvgIpc) is 2.57. The molecule has 1 amide bonds. The van der Waals surface area contributed by atoms with Crippen LogP contribution in [0, 0.1) is 5.82 Å². The summed E-state index contributed by atoms with van der Waals surface area (Å²) in [4.78, 5) is 27.5. The third kappa shape index (κ3) is 3.19. The predicted molar refractivity (Wildman–Crippen MR) is 98.4 cm³/mol. The van der Waals surface area contributed by atoms with Crippen molar-refractivity contribution < 1.29 is 14.3 Å². The fourth-order valence-electron chi connectivity index (χ4n) is 3.57. The first-order valence-electron chi connectivity index (χ1n) is 8.83. The molecule has 2 aromatic rings. The molecule has 3 rings (SSSR count). The number of carbonyl (C=O) groups is 1.